The summed E-state index contributed by atoms with van der Waals surface area (Å²) in [5.74, 6) is -0.664. The number of β-amino-alcohol motifs (C(OH)–C–C–N with tert-alkyl or cyclic N) is 1. The van der Waals surface area contributed by atoms with Gasteiger partial charge in [-0.3, -0.25) is 4.79 Å². The first-order valence-electron chi connectivity index (χ1n) is 12.2. The average molecular weight is 519 g/mol. The fraction of sp³-hybridized carbons (Fsp3) is 0.370. The number of hydrogen-bond donors (Lipinski definition) is 1. The third-order valence-corrected chi connectivity index (χ3v) is 6.44. The highest BCUT2D eigenvalue weighted by atomic mass is 19.1. The highest BCUT2D eigenvalue weighted by Gasteiger charge is 2.39. The van der Waals surface area contributed by atoms with Crippen LogP contribution in [0.4, 0.5) is 15.0 Å². The first-order valence-corrected chi connectivity index (χ1v) is 12.2. The summed E-state index contributed by atoms with van der Waals surface area (Å²) < 4.78 is 21.8. The lowest BCUT2D eigenvalue weighted by Gasteiger charge is -2.23. The number of rotatable bonds is 3. The second-order valence-corrected chi connectivity index (χ2v) is 10.8. The molecule has 5 rings (SSSR count). The molecule has 2 aromatic heterocycles. The summed E-state index contributed by atoms with van der Waals surface area (Å²) in [6.45, 7) is 7.68. The van der Waals surface area contributed by atoms with Crippen LogP contribution in [0.3, 0.4) is 0 Å². The smallest absolute Gasteiger partial charge is 0.417 e. The number of pyridine rings is 1. The van der Waals surface area contributed by atoms with Crippen molar-refractivity contribution < 1.29 is 23.8 Å². The minimum absolute atomic E-state index is 0.00909. The quantitative estimate of drug-likeness (QED) is 0.555. The van der Waals surface area contributed by atoms with Gasteiger partial charge in [0.15, 0.2) is 5.82 Å². The molecule has 1 atom stereocenters. The topological polar surface area (TPSA) is 125 Å². The Balaban J connectivity index is 1.63. The molecule has 11 heteroatoms. The zero-order chi connectivity index (χ0) is 27.4. The lowest BCUT2D eigenvalue weighted by molar-refractivity contribution is 0.0247. The second-order valence-electron chi connectivity index (χ2n) is 10.8. The summed E-state index contributed by atoms with van der Waals surface area (Å²) >= 11 is 0. The summed E-state index contributed by atoms with van der Waals surface area (Å²) in [5, 5.41) is 24.6. The molecule has 1 aromatic carbocycles. The van der Waals surface area contributed by atoms with Crippen LogP contribution in [0, 0.1) is 17.1 Å². The molecule has 2 aliphatic rings. The van der Waals surface area contributed by atoms with Gasteiger partial charge in [0, 0.05) is 25.4 Å². The van der Waals surface area contributed by atoms with Gasteiger partial charge < -0.3 is 14.7 Å². The SMILES string of the molecule is CC(C)(C)OC(=O)N1Cc2nc(-c3c(F)cccc3C#N)cc(-n3ccc(N4CC[C@@](C)(O)C4)n3)c2C1=O. The Hall–Kier alpha value is -4.30. The number of aliphatic hydroxyl groups is 1. The van der Waals surface area contributed by atoms with Gasteiger partial charge in [-0.25, -0.2) is 23.8 Å². The zero-order valence-corrected chi connectivity index (χ0v) is 21.5. The normalized spacial score (nSPS) is 19.0. The van der Waals surface area contributed by atoms with Crippen molar-refractivity contribution >= 4 is 17.8 Å². The van der Waals surface area contributed by atoms with Gasteiger partial charge in [0.25, 0.3) is 5.91 Å². The van der Waals surface area contributed by atoms with Gasteiger partial charge in [-0.2, -0.15) is 10.4 Å². The molecule has 38 heavy (non-hydrogen) atoms. The van der Waals surface area contributed by atoms with Crippen LogP contribution in [0.5, 0.6) is 0 Å². The molecular weight excluding hydrogens is 491 g/mol. The molecular formula is C27H27FN6O4. The summed E-state index contributed by atoms with van der Waals surface area (Å²) in [7, 11) is 0. The Morgan fingerprint density at radius 1 is 1.26 bits per heavy atom. The van der Waals surface area contributed by atoms with Crippen molar-refractivity contribution in [1.82, 2.24) is 19.7 Å². The van der Waals surface area contributed by atoms with Crippen LogP contribution in [0.15, 0.2) is 36.5 Å². The Kier molecular flexibility index (Phi) is 5.95. The van der Waals surface area contributed by atoms with Crippen molar-refractivity contribution in [1.29, 1.82) is 5.26 Å². The molecule has 10 nitrogen and oxygen atoms in total. The van der Waals surface area contributed by atoms with Gasteiger partial charge in [0.2, 0.25) is 0 Å². The number of carbonyl (C=O) groups is 2. The minimum Gasteiger partial charge on any atom is -0.443 e. The molecule has 196 valence electrons. The fourth-order valence-electron chi connectivity index (χ4n) is 4.70. The molecule has 1 fully saturated rings. The summed E-state index contributed by atoms with van der Waals surface area (Å²) in [4.78, 5) is 33.7. The van der Waals surface area contributed by atoms with E-state index in [2.05, 4.69) is 10.1 Å². The van der Waals surface area contributed by atoms with Crippen LogP contribution < -0.4 is 4.90 Å². The van der Waals surface area contributed by atoms with E-state index >= 15 is 0 Å². The van der Waals surface area contributed by atoms with E-state index in [0.29, 0.717) is 25.3 Å². The van der Waals surface area contributed by atoms with Crippen molar-refractivity contribution in [2.24, 2.45) is 0 Å². The van der Waals surface area contributed by atoms with Crippen molar-refractivity contribution in [2.75, 3.05) is 18.0 Å². The standard InChI is InChI=1S/C27H27FN6O4/c1-26(2,3)38-25(36)33-14-19-23(24(33)35)20(12-18(30-19)22-16(13-29)6-5-7-17(22)28)34-10-8-21(31-34)32-11-9-27(4,37)15-32/h5-8,10,12,37H,9,11,14-15H2,1-4H3/t27-/m1/s1. The van der Waals surface area contributed by atoms with E-state index in [1.54, 1.807) is 40.0 Å². The van der Waals surface area contributed by atoms with Gasteiger partial charge in [0.1, 0.15) is 11.4 Å². The molecule has 1 saturated heterocycles. The van der Waals surface area contributed by atoms with Crippen molar-refractivity contribution in [3.8, 4) is 23.0 Å². The number of carbonyl (C=O) groups excluding carboxylic acids is 2. The van der Waals surface area contributed by atoms with Crippen LogP contribution in [-0.4, -0.2) is 61.1 Å². The maximum absolute atomic E-state index is 15.0. The molecule has 0 bridgehead atoms. The lowest BCUT2D eigenvalue weighted by atomic mass is 10.0. The van der Waals surface area contributed by atoms with Crippen LogP contribution in [-0.2, 0) is 11.3 Å². The second kappa shape index (κ2) is 8.92. The highest BCUT2D eigenvalue weighted by molar-refractivity contribution is 6.08. The van der Waals surface area contributed by atoms with Gasteiger partial charge >= 0.3 is 6.09 Å². The predicted octanol–water partition coefficient (Wildman–Crippen LogP) is 3.80. The van der Waals surface area contributed by atoms with Gasteiger partial charge in [0.05, 0.1) is 52.0 Å². The Morgan fingerprint density at radius 2 is 2.03 bits per heavy atom. The van der Waals surface area contributed by atoms with E-state index in [-0.39, 0.29) is 40.3 Å². The molecule has 2 amide bonds. The number of anilines is 1. The number of hydrogen-bond acceptors (Lipinski definition) is 8. The highest BCUT2D eigenvalue weighted by Crippen LogP contribution is 2.35. The minimum atomic E-state index is -0.836. The van der Waals surface area contributed by atoms with E-state index in [9.17, 15) is 24.3 Å². The number of ether oxygens (including phenoxy) is 1. The predicted molar refractivity (Wildman–Crippen MR) is 135 cm³/mol. The summed E-state index contributed by atoms with van der Waals surface area (Å²) in [6.07, 6.45) is 1.41. The van der Waals surface area contributed by atoms with Gasteiger partial charge in [-0.1, -0.05) is 6.07 Å². The third-order valence-electron chi connectivity index (χ3n) is 6.44. The molecule has 4 heterocycles. The molecule has 2 aliphatic heterocycles. The first-order chi connectivity index (χ1) is 17.9. The Labute approximate surface area is 218 Å². The molecule has 0 aliphatic carbocycles. The third kappa shape index (κ3) is 4.59. The Bertz CT molecular complexity index is 1500. The maximum atomic E-state index is 15.0. The molecule has 0 radical (unpaired) electrons. The van der Waals surface area contributed by atoms with Gasteiger partial charge in [-0.15, -0.1) is 0 Å². The number of aromatic nitrogens is 3. The van der Waals surface area contributed by atoms with Crippen molar-refractivity contribution in [3.05, 3.63) is 59.2 Å². The summed E-state index contributed by atoms with van der Waals surface area (Å²) in [6, 6.07) is 9.38. The number of amides is 2. The summed E-state index contributed by atoms with van der Waals surface area (Å²) in [5.41, 5.74) is -0.798. The van der Waals surface area contributed by atoms with E-state index < -0.39 is 29.0 Å². The molecule has 0 unspecified atom stereocenters. The van der Waals surface area contributed by atoms with E-state index in [1.165, 1.54) is 28.9 Å². The van der Waals surface area contributed by atoms with Crippen LogP contribution >= 0.6 is 0 Å². The maximum Gasteiger partial charge on any atom is 0.417 e. The number of halogens is 1. The number of nitrogens with zero attached hydrogens (tertiary/aromatic N) is 6. The fourth-order valence-corrected chi connectivity index (χ4v) is 4.70. The molecule has 1 N–H and O–H groups in total. The van der Waals surface area contributed by atoms with Crippen LogP contribution in [0.2, 0.25) is 0 Å². The molecule has 0 saturated carbocycles. The van der Waals surface area contributed by atoms with Crippen LogP contribution in [0.1, 0.15) is 55.7 Å². The van der Waals surface area contributed by atoms with E-state index in [1.807, 2.05) is 11.0 Å². The Morgan fingerprint density at radius 3 is 2.68 bits per heavy atom. The van der Waals surface area contributed by atoms with Gasteiger partial charge in [-0.05, 0) is 52.3 Å². The largest absolute Gasteiger partial charge is 0.443 e. The number of nitriles is 1. The van der Waals surface area contributed by atoms with E-state index in [0.717, 1.165) is 4.90 Å². The number of benzene rings is 1. The number of fused-ring (bicyclic) bond motifs is 1. The molecule has 0 spiro atoms. The van der Waals surface area contributed by atoms with Crippen LogP contribution in [0.25, 0.3) is 16.9 Å². The first kappa shape index (κ1) is 25.4. The lowest BCUT2D eigenvalue weighted by Crippen LogP contribution is -2.37. The van der Waals surface area contributed by atoms with Crippen molar-refractivity contribution in [3.63, 3.8) is 0 Å². The zero-order valence-electron chi connectivity index (χ0n) is 21.5. The monoisotopic (exact) mass is 518 g/mol. The molecule has 3 aromatic rings. The van der Waals surface area contributed by atoms with E-state index in [4.69, 9.17) is 4.74 Å². The van der Waals surface area contributed by atoms with Crippen molar-refractivity contribution in [2.45, 2.75) is 51.9 Å². The average Bonchev–Trinajstić information content (AvgIpc) is 3.54. The number of imide groups is 1.